The van der Waals surface area contributed by atoms with Gasteiger partial charge in [-0.1, -0.05) is 18.2 Å². The summed E-state index contributed by atoms with van der Waals surface area (Å²) in [5.74, 6) is -1.85. The molecule has 3 rings (SSSR count). The number of nitrogens with zero attached hydrogens (tertiary/aromatic N) is 1. The molecule has 0 saturated heterocycles. The average molecular weight is 402 g/mol. The highest BCUT2D eigenvalue weighted by Gasteiger charge is 2.32. The van der Waals surface area contributed by atoms with Crippen molar-refractivity contribution in [2.24, 2.45) is 0 Å². The lowest BCUT2D eigenvalue weighted by atomic mass is 10.1. The molecule has 0 radical (unpaired) electrons. The highest BCUT2D eigenvalue weighted by molar-refractivity contribution is 6.06. The standard InChI is InChI=1S/C20H13F3N2O4/c21-20(22,23)12-6-9-17(29-14-4-2-1-3-5-14)15(10-12)18(26)25-13-7-8-16(19(27)28)24-11-13/h1-11H,(H,25,26)(H,27,28). The van der Waals surface area contributed by atoms with Crippen molar-refractivity contribution in [3.8, 4) is 11.5 Å². The van der Waals surface area contributed by atoms with Crippen LogP contribution in [0.25, 0.3) is 0 Å². The van der Waals surface area contributed by atoms with Gasteiger partial charge < -0.3 is 15.2 Å². The molecule has 0 fully saturated rings. The molecule has 29 heavy (non-hydrogen) atoms. The van der Waals surface area contributed by atoms with Gasteiger partial charge in [-0.05, 0) is 42.5 Å². The summed E-state index contributed by atoms with van der Waals surface area (Å²) >= 11 is 0. The Balaban J connectivity index is 1.93. The van der Waals surface area contributed by atoms with E-state index < -0.39 is 23.6 Å². The molecule has 0 saturated carbocycles. The number of pyridine rings is 1. The first-order valence-electron chi connectivity index (χ1n) is 8.19. The molecule has 0 unspecified atom stereocenters. The number of anilines is 1. The van der Waals surface area contributed by atoms with Crippen LogP contribution >= 0.6 is 0 Å². The van der Waals surface area contributed by atoms with E-state index >= 15 is 0 Å². The summed E-state index contributed by atoms with van der Waals surface area (Å²) in [6, 6.07) is 13.3. The van der Waals surface area contributed by atoms with E-state index in [1.165, 1.54) is 6.07 Å². The normalized spacial score (nSPS) is 11.0. The van der Waals surface area contributed by atoms with Crippen LogP contribution in [0.1, 0.15) is 26.4 Å². The molecule has 0 aliphatic heterocycles. The van der Waals surface area contributed by atoms with Gasteiger partial charge in [0.2, 0.25) is 0 Å². The number of carbonyl (C=O) groups is 2. The maximum atomic E-state index is 13.1. The number of nitrogens with one attached hydrogen (secondary N) is 1. The molecule has 3 aromatic rings. The largest absolute Gasteiger partial charge is 0.477 e. The van der Waals surface area contributed by atoms with Crippen LogP contribution in [0.3, 0.4) is 0 Å². The number of aromatic carboxylic acids is 1. The molecule has 0 bridgehead atoms. The zero-order chi connectivity index (χ0) is 21.0. The number of aromatic nitrogens is 1. The van der Waals surface area contributed by atoms with Gasteiger partial charge in [0.15, 0.2) is 0 Å². The zero-order valence-electron chi connectivity index (χ0n) is 14.6. The summed E-state index contributed by atoms with van der Waals surface area (Å²) in [6.07, 6.45) is -3.56. The number of rotatable bonds is 5. The number of amides is 1. The summed E-state index contributed by atoms with van der Waals surface area (Å²) in [6.45, 7) is 0. The highest BCUT2D eigenvalue weighted by atomic mass is 19.4. The van der Waals surface area contributed by atoms with E-state index in [-0.39, 0.29) is 22.7 Å². The molecule has 148 valence electrons. The summed E-state index contributed by atoms with van der Waals surface area (Å²) in [7, 11) is 0. The minimum absolute atomic E-state index is 0.0724. The van der Waals surface area contributed by atoms with E-state index in [0.29, 0.717) is 11.8 Å². The Hall–Kier alpha value is -3.88. The van der Waals surface area contributed by atoms with E-state index in [0.717, 1.165) is 24.4 Å². The Bertz CT molecular complexity index is 1040. The first-order valence-corrected chi connectivity index (χ1v) is 8.19. The molecule has 0 atom stereocenters. The van der Waals surface area contributed by atoms with Crippen LogP contribution in [0.5, 0.6) is 11.5 Å². The van der Waals surface area contributed by atoms with Gasteiger partial charge in [-0.3, -0.25) is 4.79 Å². The first-order chi connectivity index (χ1) is 13.7. The first kappa shape index (κ1) is 19.9. The van der Waals surface area contributed by atoms with Crippen molar-refractivity contribution in [2.75, 3.05) is 5.32 Å². The monoisotopic (exact) mass is 402 g/mol. The quantitative estimate of drug-likeness (QED) is 0.637. The summed E-state index contributed by atoms with van der Waals surface area (Å²) in [5, 5.41) is 11.2. The van der Waals surface area contributed by atoms with Crippen molar-refractivity contribution in [1.29, 1.82) is 0 Å². The summed E-state index contributed by atoms with van der Waals surface area (Å²) in [4.78, 5) is 27.1. The maximum Gasteiger partial charge on any atom is 0.416 e. The fourth-order valence-electron chi connectivity index (χ4n) is 2.38. The number of hydrogen-bond acceptors (Lipinski definition) is 4. The average Bonchev–Trinajstić information content (AvgIpc) is 2.68. The summed E-state index contributed by atoms with van der Waals surface area (Å²) < 4.78 is 44.9. The number of halogens is 3. The van der Waals surface area contributed by atoms with Gasteiger partial charge in [-0.15, -0.1) is 0 Å². The van der Waals surface area contributed by atoms with Crippen LogP contribution in [0, 0.1) is 0 Å². The molecule has 0 aliphatic rings. The molecule has 1 heterocycles. The molecule has 2 aromatic carbocycles. The second-order valence-electron chi connectivity index (χ2n) is 5.82. The highest BCUT2D eigenvalue weighted by Crippen LogP contribution is 2.34. The third kappa shape index (κ3) is 4.89. The smallest absolute Gasteiger partial charge is 0.416 e. The molecule has 6 nitrogen and oxygen atoms in total. The number of hydrogen-bond donors (Lipinski definition) is 2. The molecule has 0 spiro atoms. The Labute approximate surface area is 162 Å². The SMILES string of the molecule is O=C(O)c1ccc(NC(=O)c2cc(C(F)(F)F)ccc2Oc2ccccc2)cn1. The fraction of sp³-hybridized carbons (Fsp3) is 0.0500. The van der Waals surface area contributed by atoms with Crippen LogP contribution in [-0.4, -0.2) is 22.0 Å². The molecule has 2 N–H and O–H groups in total. The molecule has 1 amide bonds. The van der Waals surface area contributed by atoms with Crippen LogP contribution in [0.2, 0.25) is 0 Å². The van der Waals surface area contributed by atoms with Crippen molar-refractivity contribution < 1.29 is 32.6 Å². The molecule has 1 aromatic heterocycles. The Morgan fingerprint density at radius 2 is 1.72 bits per heavy atom. The van der Waals surface area contributed by atoms with E-state index in [2.05, 4.69) is 10.3 Å². The van der Waals surface area contributed by atoms with Crippen molar-refractivity contribution in [1.82, 2.24) is 4.98 Å². The molecular weight excluding hydrogens is 389 g/mol. The third-order valence-corrected chi connectivity index (χ3v) is 3.76. The molecule has 0 aliphatic carbocycles. The Morgan fingerprint density at radius 1 is 1.00 bits per heavy atom. The fourth-order valence-corrected chi connectivity index (χ4v) is 2.38. The number of carboxylic acid groups (broad SMARTS) is 1. The predicted molar refractivity (Wildman–Crippen MR) is 97.1 cm³/mol. The van der Waals surface area contributed by atoms with E-state index in [4.69, 9.17) is 9.84 Å². The van der Waals surface area contributed by atoms with Crippen molar-refractivity contribution in [3.05, 3.63) is 83.7 Å². The van der Waals surface area contributed by atoms with Crippen molar-refractivity contribution in [2.45, 2.75) is 6.18 Å². The van der Waals surface area contributed by atoms with Gasteiger partial charge in [-0.2, -0.15) is 13.2 Å². The number of carboxylic acids is 1. The van der Waals surface area contributed by atoms with E-state index in [1.807, 2.05) is 0 Å². The van der Waals surface area contributed by atoms with Crippen molar-refractivity contribution in [3.63, 3.8) is 0 Å². The minimum Gasteiger partial charge on any atom is -0.477 e. The number of benzene rings is 2. The number of ether oxygens (including phenoxy) is 1. The van der Waals surface area contributed by atoms with Crippen molar-refractivity contribution >= 4 is 17.6 Å². The molecular formula is C20H13F3N2O4. The van der Waals surface area contributed by atoms with Crippen LogP contribution in [-0.2, 0) is 6.18 Å². The lowest BCUT2D eigenvalue weighted by molar-refractivity contribution is -0.137. The van der Waals surface area contributed by atoms with Gasteiger partial charge in [0.1, 0.15) is 17.2 Å². The molecule has 9 heteroatoms. The van der Waals surface area contributed by atoms with Crippen LogP contribution in [0.15, 0.2) is 66.9 Å². The van der Waals surface area contributed by atoms with Gasteiger partial charge in [-0.25, -0.2) is 9.78 Å². The third-order valence-electron chi connectivity index (χ3n) is 3.76. The second kappa shape index (κ2) is 8.01. The van der Waals surface area contributed by atoms with E-state index in [1.54, 1.807) is 30.3 Å². The number of para-hydroxylation sites is 1. The second-order valence-corrected chi connectivity index (χ2v) is 5.82. The lowest BCUT2D eigenvalue weighted by Gasteiger charge is -2.14. The van der Waals surface area contributed by atoms with Gasteiger partial charge >= 0.3 is 12.1 Å². The Kier molecular flexibility index (Phi) is 5.49. The zero-order valence-corrected chi connectivity index (χ0v) is 14.6. The van der Waals surface area contributed by atoms with Gasteiger partial charge in [0, 0.05) is 0 Å². The number of carbonyl (C=O) groups excluding carboxylic acids is 1. The summed E-state index contributed by atoms with van der Waals surface area (Å²) in [5.41, 5.74) is -1.48. The van der Waals surface area contributed by atoms with Crippen LogP contribution in [0.4, 0.5) is 18.9 Å². The number of alkyl halides is 3. The lowest BCUT2D eigenvalue weighted by Crippen LogP contribution is -2.15. The minimum atomic E-state index is -4.65. The predicted octanol–water partition coefficient (Wildman–Crippen LogP) is 4.84. The van der Waals surface area contributed by atoms with Gasteiger partial charge in [0.05, 0.1) is 23.0 Å². The van der Waals surface area contributed by atoms with Crippen LogP contribution < -0.4 is 10.1 Å². The van der Waals surface area contributed by atoms with E-state index in [9.17, 15) is 22.8 Å². The van der Waals surface area contributed by atoms with Gasteiger partial charge in [0.25, 0.3) is 5.91 Å². The topological polar surface area (TPSA) is 88.5 Å². The maximum absolute atomic E-state index is 13.1. The Morgan fingerprint density at radius 3 is 2.31 bits per heavy atom.